The number of anilines is 1. The average Bonchev–Trinajstić information content (AvgIpc) is 2.61. The van der Waals surface area contributed by atoms with Gasteiger partial charge in [-0.2, -0.15) is 0 Å². The first-order valence-electron chi connectivity index (χ1n) is 7.29. The number of para-hydroxylation sites is 2. The number of carbonyl (C=O) groups excluding carboxylic acids is 3. The summed E-state index contributed by atoms with van der Waals surface area (Å²) in [5, 5.41) is 1.98. The molecule has 7 nitrogen and oxygen atoms in total. The molecule has 3 N–H and O–H groups in total. The zero-order valence-corrected chi connectivity index (χ0v) is 13.3. The van der Waals surface area contributed by atoms with E-state index >= 15 is 0 Å². The summed E-state index contributed by atoms with van der Waals surface area (Å²) >= 11 is 0. The van der Waals surface area contributed by atoms with Crippen molar-refractivity contribution in [1.82, 2.24) is 0 Å². The number of nitrogens with two attached hydrogens (primary N) is 1. The molecule has 0 atom stereocenters. The van der Waals surface area contributed by atoms with Crippen molar-refractivity contribution in [3.63, 3.8) is 0 Å². The molecule has 2 amide bonds. The molecule has 9 heteroatoms. The van der Waals surface area contributed by atoms with Gasteiger partial charge in [-0.3, -0.25) is 9.59 Å². The van der Waals surface area contributed by atoms with E-state index in [1.54, 1.807) is 6.07 Å². The molecule has 0 spiro atoms. The van der Waals surface area contributed by atoms with Gasteiger partial charge in [0.25, 0.3) is 11.8 Å². The lowest BCUT2D eigenvalue weighted by Gasteiger charge is -2.11. The summed E-state index contributed by atoms with van der Waals surface area (Å²) in [6.07, 6.45) is 0. The largest absolute Gasteiger partial charge is 0.483 e. The standard InChI is InChI=1S/C17H14F2N2O5/c18-11-5-3-6-12(19)16(11)21-15(23)9-26-17(24)10-4-1-2-7-13(10)25-8-14(20)22/h1-7H,8-9H2,(H2,20,22)(H,21,23). The van der Waals surface area contributed by atoms with Crippen molar-refractivity contribution >= 4 is 23.5 Å². The van der Waals surface area contributed by atoms with Crippen molar-refractivity contribution < 1.29 is 32.6 Å². The van der Waals surface area contributed by atoms with E-state index < -0.39 is 48.3 Å². The van der Waals surface area contributed by atoms with Crippen molar-refractivity contribution in [2.75, 3.05) is 18.5 Å². The summed E-state index contributed by atoms with van der Waals surface area (Å²) in [6.45, 7) is -1.23. The van der Waals surface area contributed by atoms with Crippen LogP contribution in [0.15, 0.2) is 42.5 Å². The highest BCUT2D eigenvalue weighted by molar-refractivity contribution is 5.97. The number of rotatable bonds is 7. The minimum atomic E-state index is -0.963. The number of halogens is 2. The number of primary amides is 1. The molecule has 136 valence electrons. The van der Waals surface area contributed by atoms with Crippen LogP contribution in [0.5, 0.6) is 5.75 Å². The number of benzene rings is 2. The minimum absolute atomic E-state index is 0.0388. The Morgan fingerprint density at radius 3 is 2.27 bits per heavy atom. The van der Waals surface area contributed by atoms with E-state index in [-0.39, 0.29) is 11.3 Å². The van der Waals surface area contributed by atoms with Crippen LogP contribution in [0.25, 0.3) is 0 Å². The second-order valence-electron chi connectivity index (χ2n) is 4.97. The van der Waals surface area contributed by atoms with Crippen LogP contribution in [0.2, 0.25) is 0 Å². The molecule has 0 bridgehead atoms. The molecule has 0 heterocycles. The normalized spacial score (nSPS) is 10.1. The highest BCUT2D eigenvalue weighted by Gasteiger charge is 2.17. The van der Waals surface area contributed by atoms with Gasteiger partial charge < -0.3 is 20.5 Å². The Hall–Kier alpha value is -3.49. The van der Waals surface area contributed by atoms with Crippen molar-refractivity contribution in [2.24, 2.45) is 5.73 Å². The number of hydrogen-bond acceptors (Lipinski definition) is 5. The zero-order chi connectivity index (χ0) is 19.1. The summed E-state index contributed by atoms with van der Waals surface area (Å²) in [7, 11) is 0. The topological polar surface area (TPSA) is 108 Å². The first-order chi connectivity index (χ1) is 12.4. The Bertz CT molecular complexity index is 821. The lowest BCUT2D eigenvalue weighted by Crippen LogP contribution is -2.23. The third-order valence-electron chi connectivity index (χ3n) is 3.04. The molecule has 0 aliphatic carbocycles. The van der Waals surface area contributed by atoms with Gasteiger partial charge in [-0.15, -0.1) is 0 Å². The van der Waals surface area contributed by atoms with E-state index in [4.69, 9.17) is 15.2 Å². The lowest BCUT2D eigenvalue weighted by atomic mass is 10.2. The molecular weight excluding hydrogens is 350 g/mol. The summed E-state index contributed by atoms with van der Waals surface area (Å²) < 4.78 is 36.8. The van der Waals surface area contributed by atoms with Gasteiger partial charge in [0.05, 0.1) is 0 Å². The van der Waals surface area contributed by atoms with E-state index in [0.29, 0.717) is 0 Å². The van der Waals surface area contributed by atoms with E-state index in [0.717, 1.165) is 18.2 Å². The second kappa shape index (κ2) is 8.56. The van der Waals surface area contributed by atoms with Gasteiger partial charge in [-0.1, -0.05) is 18.2 Å². The molecule has 2 aromatic carbocycles. The SMILES string of the molecule is NC(=O)COc1ccccc1C(=O)OCC(=O)Nc1c(F)cccc1F. The number of nitrogens with one attached hydrogen (secondary N) is 1. The number of amides is 2. The third-order valence-corrected chi connectivity index (χ3v) is 3.04. The summed E-state index contributed by atoms with van der Waals surface area (Å²) in [4.78, 5) is 34.6. The van der Waals surface area contributed by atoms with Crippen LogP contribution in [0, 0.1) is 11.6 Å². The van der Waals surface area contributed by atoms with Gasteiger partial charge in [0.15, 0.2) is 13.2 Å². The van der Waals surface area contributed by atoms with E-state index in [2.05, 4.69) is 0 Å². The first-order valence-corrected chi connectivity index (χ1v) is 7.29. The molecule has 0 aromatic heterocycles. The van der Waals surface area contributed by atoms with E-state index in [9.17, 15) is 23.2 Å². The van der Waals surface area contributed by atoms with Gasteiger partial charge in [0.1, 0.15) is 28.6 Å². The molecule has 0 unspecified atom stereocenters. The Kier molecular flexibility index (Phi) is 6.20. The smallest absolute Gasteiger partial charge is 0.342 e. The quantitative estimate of drug-likeness (QED) is 0.726. The zero-order valence-electron chi connectivity index (χ0n) is 13.3. The Morgan fingerprint density at radius 2 is 1.62 bits per heavy atom. The molecule has 0 saturated carbocycles. The summed E-state index contributed by atoms with van der Waals surface area (Å²) in [5.74, 6) is -4.48. The second-order valence-corrected chi connectivity index (χ2v) is 4.97. The molecule has 0 radical (unpaired) electrons. The van der Waals surface area contributed by atoms with Gasteiger partial charge >= 0.3 is 5.97 Å². The molecule has 2 aromatic rings. The third kappa shape index (κ3) is 5.00. The molecule has 2 rings (SSSR count). The lowest BCUT2D eigenvalue weighted by molar-refractivity contribution is -0.120. The number of hydrogen-bond donors (Lipinski definition) is 2. The van der Waals surface area contributed by atoms with Crippen LogP contribution >= 0.6 is 0 Å². The maximum Gasteiger partial charge on any atom is 0.342 e. The molecule has 0 saturated heterocycles. The molecular formula is C17H14F2N2O5. The maximum absolute atomic E-state index is 13.5. The fourth-order valence-electron chi connectivity index (χ4n) is 1.91. The number of ether oxygens (including phenoxy) is 2. The maximum atomic E-state index is 13.5. The van der Waals surface area contributed by atoms with Crippen LogP contribution in [-0.2, 0) is 14.3 Å². The van der Waals surface area contributed by atoms with Gasteiger partial charge in [-0.05, 0) is 24.3 Å². The van der Waals surface area contributed by atoms with Gasteiger partial charge in [-0.25, -0.2) is 13.6 Å². The van der Waals surface area contributed by atoms with E-state index in [1.807, 2.05) is 5.32 Å². The van der Waals surface area contributed by atoms with E-state index in [1.165, 1.54) is 18.2 Å². The highest BCUT2D eigenvalue weighted by atomic mass is 19.1. The van der Waals surface area contributed by atoms with Crippen molar-refractivity contribution in [3.05, 3.63) is 59.7 Å². The number of esters is 1. The van der Waals surface area contributed by atoms with Crippen molar-refractivity contribution in [2.45, 2.75) is 0 Å². The molecule has 0 fully saturated rings. The summed E-state index contributed by atoms with van der Waals surface area (Å²) in [5.41, 5.74) is 4.29. The summed E-state index contributed by atoms with van der Waals surface area (Å²) in [6, 6.07) is 8.92. The number of carbonyl (C=O) groups is 3. The fraction of sp³-hybridized carbons (Fsp3) is 0.118. The predicted molar refractivity (Wildman–Crippen MR) is 86.4 cm³/mol. The van der Waals surface area contributed by atoms with Crippen molar-refractivity contribution in [3.8, 4) is 5.75 Å². The Labute approximate surface area is 146 Å². The van der Waals surface area contributed by atoms with Gasteiger partial charge in [0, 0.05) is 0 Å². The monoisotopic (exact) mass is 364 g/mol. The minimum Gasteiger partial charge on any atom is -0.483 e. The van der Waals surface area contributed by atoms with Crippen molar-refractivity contribution in [1.29, 1.82) is 0 Å². The predicted octanol–water partition coefficient (Wildman–Crippen LogP) is 1.62. The van der Waals surface area contributed by atoms with Crippen LogP contribution in [0.3, 0.4) is 0 Å². The Morgan fingerprint density at radius 1 is 0.962 bits per heavy atom. The van der Waals surface area contributed by atoms with Crippen LogP contribution < -0.4 is 15.8 Å². The molecule has 0 aliphatic rings. The molecule has 0 aliphatic heterocycles. The Balaban J connectivity index is 1.98. The van der Waals surface area contributed by atoms with Crippen LogP contribution in [0.1, 0.15) is 10.4 Å². The van der Waals surface area contributed by atoms with Crippen LogP contribution in [-0.4, -0.2) is 31.0 Å². The highest BCUT2D eigenvalue weighted by Crippen LogP contribution is 2.20. The fourth-order valence-corrected chi connectivity index (χ4v) is 1.91. The van der Waals surface area contributed by atoms with Gasteiger partial charge in [0.2, 0.25) is 0 Å². The van der Waals surface area contributed by atoms with Crippen LogP contribution in [0.4, 0.5) is 14.5 Å². The first kappa shape index (κ1) is 18.8. The molecule has 26 heavy (non-hydrogen) atoms. The average molecular weight is 364 g/mol.